The van der Waals surface area contributed by atoms with Gasteiger partial charge in [-0.3, -0.25) is 20.2 Å². The maximum absolute atomic E-state index is 12.7. The Labute approximate surface area is 144 Å². The van der Waals surface area contributed by atoms with E-state index in [1.54, 1.807) is 12.1 Å². The van der Waals surface area contributed by atoms with Crippen LogP contribution in [0.5, 0.6) is 0 Å². The lowest BCUT2D eigenvalue weighted by Gasteiger charge is -2.05. The lowest BCUT2D eigenvalue weighted by atomic mass is 10.2. The maximum Gasteiger partial charge on any atom is 0.355 e. The highest BCUT2D eigenvalue weighted by Gasteiger charge is 2.30. The molecule has 0 aliphatic heterocycles. The molecule has 0 aliphatic carbocycles. The zero-order chi connectivity index (χ0) is 19.1. The van der Waals surface area contributed by atoms with Crippen LogP contribution in [0.15, 0.2) is 67.5 Å². The summed E-state index contributed by atoms with van der Waals surface area (Å²) in [7, 11) is -4.49. The molecule has 26 heavy (non-hydrogen) atoms. The van der Waals surface area contributed by atoms with E-state index in [2.05, 4.69) is 0 Å². The van der Waals surface area contributed by atoms with Crippen molar-refractivity contribution >= 4 is 32.2 Å². The van der Waals surface area contributed by atoms with Gasteiger partial charge in [-0.15, -0.1) is 0 Å². The Morgan fingerprint density at radius 1 is 0.885 bits per heavy atom. The minimum atomic E-state index is -4.49. The number of nitrogens with zero attached hydrogens (tertiary/aromatic N) is 2. The molecule has 1 heterocycles. The molecule has 0 atom stereocenters. The predicted molar refractivity (Wildman–Crippen MR) is 87.7 cm³/mol. The molecule has 0 spiro atoms. The summed E-state index contributed by atoms with van der Waals surface area (Å²) in [5.74, 6) is 0. The average Bonchev–Trinajstić information content (AvgIpc) is 2.60. The first kappa shape index (κ1) is 17.2. The van der Waals surface area contributed by atoms with Crippen molar-refractivity contribution in [3.63, 3.8) is 0 Å². The van der Waals surface area contributed by atoms with Crippen molar-refractivity contribution in [3.8, 4) is 0 Å². The van der Waals surface area contributed by atoms with Gasteiger partial charge < -0.3 is 4.42 Å². The van der Waals surface area contributed by atoms with Gasteiger partial charge in [0.15, 0.2) is 4.90 Å². The van der Waals surface area contributed by atoms with Crippen molar-refractivity contribution in [1.29, 1.82) is 0 Å². The Balaban J connectivity index is 2.25. The first-order chi connectivity index (χ1) is 12.2. The molecule has 0 saturated heterocycles. The molecule has 3 rings (SSSR count). The van der Waals surface area contributed by atoms with Crippen molar-refractivity contribution in [1.82, 2.24) is 0 Å². The summed E-state index contributed by atoms with van der Waals surface area (Å²) in [5, 5.41) is 22.2. The second-order valence-electron chi connectivity index (χ2n) is 5.10. The Kier molecular flexibility index (Phi) is 4.00. The van der Waals surface area contributed by atoms with Gasteiger partial charge in [0.05, 0.1) is 14.7 Å². The van der Waals surface area contributed by atoms with Gasteiger partial charge in [-0.2, -0.15) is 0 Å². The highest BCUT2D eigenvalue weighted by Crippen LogP contribution is 2.31. The van der Waals surface area contributed by atoms with Crippen LogP contribution in [-0.2, 0) is 9.84 Å². The molecule has 1 aromatic heterocycles. The van der Waals surface area contributed by atoms with Gasteiger partial charge in [0.1, 0.15) is 5.58 Å². The third-order valence-corrected chi connectivity index (χ3v) is 5.29. The molecule has 0 amide bonds. The molecule has 0 unspecified atom stereocenters. The summed E-state index contributed by atoms with van der Waals surface area (Å²) in [6.07, 6.45) is 0. The van der Waals surface area contributed by atoms with Crippen molar-refractivity contribution < 1.29 is 22.7 Å². The molecule has 3 aromatic rings. The number of hydrogen-bond acceptors (Lipinski definition) is 8. The van der Waals surface area contributed by atoms with Gasteiger partial charge >= 0.3 is 17.0 Å². The smallest absolute Gasteiger partial charge is 0.355 e. The summed E-state index contributed by atoms with van der Waals surface area (Å²) in [4.78, 5) is 30.5. The van der Waals surface area contributed by atoms with E-state index in [9.17, 15) is 33.4 Å². The van der Waals surface area contributed by atoms with E-state index in [1.807, 2.05) is 0 Å². The summed E-state index contributed by atoms with van der Waals surface area (Å²) in [5.41, 5.74) is -2.84. The molecular formula is C15H8N2O8S. The van der Waals surface area contributed by atoms with Gasteiger partial charge in [0.25, 0.3) is 0 Å². The van der Waals surface area contributed by atoms with Gasteiger partial charge in [-0.1, -0.05) is 18.2 Å². The predicted octanol–water partition coefficient (Wildman–Crippen LogP) is 2.44. The van der Waals surface area contributed by atoms with Crippen LogP contribution < -0.4 is 5.63 Å². The molecule has 0 saturated carbocycles. The summed E-state index contributed by atoms with van der Waals surface area (Å²) < 4.78 is 30.4. The summed E-state index contributed by atoms with van der Waals surface area (Å²) >= 11 is 0. The zero-order valence-electron chi connectivity index (χ0n) is 12.7. The van der Waals surface area contributed by atoms with Gasteiger partial charge in [-0.05, 0) is 18.2 Å². The number of hydrogen-bond donors (Lipinski definition) is 0. The fraction of sp³-hybridized carbons (Fsp3) is 0. The lowest BCUT2D eigenvalue weighted by molar-refractivity contribution is -0.422. The fourth-order valence-electron chi connectivity index (χ4n) is 2.33. The van der Waals surface area contributed by atoms with Crippen LogP contribution in [0.25, 0.3) is 11.0 Å². The van der Waals surface area contributed by atoms with Crippen LogP contribution in [-0.4, -0.2) is 18.3 Å². The van der Waals surface area contributed by atoms with Crippen LogP contribution in [0.1, 0.15) is 0 Å². The topological polar surface area (TPSA) is 151 Å². The molecule has 10 nitrogen and oxygen atoms in total. The Morgan fingerprint density at radius 3 is 2.19 bits per heavy atom. The Hall–Kier alpha value is -3.60. The van der Waals surface area contributed by atoms with Crippen LogP contribution in [0, 0.1) is 20.2 Å². The largest absolute Gasteiger partial charge is 0.422 e. The second kappa shape index (κ2) is 6.04. The molecule has 0 bridgehead atoms. The number of sulfone groups is 1. The number of rotatable bonds is 4. The highest BCUT2D eigenvalue weighted by atomic mass is 32.2. The van der Waals surface area contributed by atoms with Crippen molar-refractivity contribution in [3.05, 3.63) is 79.2 Å². The third-order valence-electron chi connectivity index (χ3n) is 3.55. The first-order valence-electron chi connectivity index (χ1n) is 6.92. The molecule has 0 N–H and O–H groups in total. The van der Waals surface area contributed by atoms with Gasteiger partial charge in [0.2, 0.25) is 9.84 Å². The minimum absolute atomic E-state index is 0.172. The van der Waals surface area contributed by atoms with Crippen LogP contribution in [0.3, 0.4) is 0 Å². The number of nitro groups is 2. The Bertz CT molecular complexity index is 1230. The molecule has 11 heteroatoms. The molecular weight excluding hydrogens is 368 g/mol. The van der Waals surface area contributed by atoms with E-state index < -0.39 is 46.5 Å². The van der Waals surface area contributed by atoms with Crippen molar-refractivity contribution in [2.75, 3.05) is 0 Å². The van der Waals surface area contributed by atoms with E-state index >= 15 is 0 Å². The monoisotopic (exact) mass is 376 g/mol. The normalized spacial score (nSPS) is 11.4. The summed E-state index contributed by atoms with van der Waals surface area (Å²) in [6.45, 7) is 0. The second-order valence-corrected chi connectivity index (χ2v) is 7.02. The highest BCUT2D eigenvalue weighted by molar-refractivity contribution is 7.91. The van der Waals surface area contributed by atoms with Crippen molar-refractivity contribution in [2.45, 2.75) is 9.79 Å². The third kappa shape index (κ3) is 2.80. The van der Waals surface area contributed by atoms with Crippen LogP contribution in [0.2, 0.25) is 0 Å². The van der Waals surface area contributed by atoms with E-state index in [1.165, 1.54) is 12.1 Å². The standard InChI is InChI=1S/C15H8N2O8S/c18-15-14(7-9-3-1-2-4-13(9)25-15)26(23,24)10-5-6-11(16(19)20)12(8-10)17(21)22/h1-8H. The number of benzene rings is 2. The lowest BCUT2D eigenvalue weighted by Crippen LogP contribution is -2.14. The molecule has 0 radical (unpaired) electrons. The maximum atomic E-state index is 12.7. The van der Waals surface area contributed by atoms with Gasteiger partial charge in [-0.25, -0.2) is 13.2 Å². The minimum Gasteiger partial charge on any atom is -0.422 e. The first-order valence-corrected chi connectivity index (χ1v) is 8.41. The van der Waals surface area contributed by atoms with Crippen molar-refractivity contribution in [2.24, 2.45) is 0 Å². The van der Waals surface area contributed by atoms with E-state index in [4.69, 9.17) is 4.42 Å². The summed E-state index contributed by atoms with van der Waals surface area (Å²) in [6, 6.07) is 9.36. The van der Waals surface area contributed by atoms with Gasteiger partial charge in [0, 0.05) is 17.5 Å². The van der Waals surface area contributed by atoms with E-state index in [-0.39, 0.29) is 5.58 Å². The number of fused-ring (bicyclic) bond motifs is 1. The van der Waals surface area contributed by atoms with E-state index in [0.717, 1.165) is 12.1 Å². The SMILES string of the molecule is O=c1oc2ccccc2cc1S(=O)(=O)c1ccc([N+](=O)[O-])c([N+](=O)[O-])c1. The fourth-order valence-corrected chi connectivity index (χ4v) is 3.64. The van der Waals surface area contributed by atoms with E-state index in [0.29, 0.717) is 17.5 Å². The quantitative estimate of drug-likeness (QED) is 0.382. The van der Waals surface area contributed by atoms with Crippen LogP contribution >= 0.6 is 0 Å². The molecule has 0 aliphatic rings. The number of para-hydroxylation sites is 1. The average molecular weight is 376 g/mol. The zero-order valence-corrected chi connectivity index (χ0v) is 13.5. The Morgan fingerprint density at radius 2 is 1.54 bits per heavy atom. The molecule has 132 valence electrons. The van der Waals surface area contributed by atoms with Crippen LogP contribution in [0.4, 0.5) is 11.4 Å². The molecule has 2 aromatic carbocycles. The number of nitro benzene ring substituents is 2. The molecule has 0 fully saturated rings.